The first-order valence-electron chi connectivity index (χ1n) is 11.0. The number of nitrogens with one attached hydrogen (secondary N) is 1. The predicted molar refractivity (Wildman–Crippen MR) is 123 cm³/mol. The van der Waals surface area contributed by atoms with Gasteiger partial charge in [0.1, 0.15) is 28.6 Å². The Kier molecular flexibility index (Phi) is 5.38. The molecule has 0 saturated heterocycles. The molecule has 0 saturated carbocycles. The lowest BCUT2D eigenvalue weighted by Crippen LogP contribution is -2.29. The zero-order valence-corrected chi connectivity index (χ0v) is 18.5. The Hall–Kier alpha value is -4.00. The van der Waals surface area contributed by atoms with E-state index in [2.05, 4.69) is 17.1 Å². The third-order valence-corrected chi connectivity index (χ3v) is 5.85. The molecule has 0 bridgehead atoms. The normalized spacial score (nSPS) is 15.2. The van der Waals surface area contributed by atoms with Gasteiger partial charge in [0.2, 0.25) is 0 Å². The number of phenolic OH excluding ortho intramolecular Hbond substituents is 1. The van der Waals surface area contributed by atoms with Crippen LogP contribution in [0.2, 0.25) is 0 Å². The molecule has 3 heterocycles. The monoisotopic (exact) mass is 443 g/mol. The molecular weight excluding hydrogens is 418 g/mol. The number of aromatic amines is 1. The van der Waals surface area contributed by atoms with Crippen LogP contribution in [0.15, 0.2) is 65.3 Å². The van der Waals surface area contributed by atoms with E-state index in [0.29, 0.717) is 35.9 Å². The average Bonchev–Trinajstić information content (AvgIpc) is 3.54. The number of H-pyrrole nitrogens is 1. The number of ether oxygens (including phenoxy) is 1. The van der Waals surface area contributed by atoms with E-state index in [9.17, 15) is 9.90 Å². The Morgan fingerprint density at radius 2 is 2.00 bits per heavy atom. The number of rotatable bonds is 7. The zero-order valence-electron chi connectivity index (χ0n) is 18.5. The molecule has 33 heavy (non-hydrogen) atoms. The second-order valence-electron chi connectivity index (χ2n) is 8.21. The van der Waals surface area contributed by atoms with Gasteiger partial charge in [-0.05, 0) is 55.3 Å². The number of benzene rings is 2. The molecule has 7 heteroatoms. The molecule has 0 radical (unpaired) electrons. The molecule has 0 fully saturated rings. The van der Waals surface area contributed by atoms with Gasteiger partial charge in [-0.1, -0.05) is 30.7 Å². The Balaban J connectivity index is 1.62. The summed E-state index contributed by atoms with van der Waals surface area (Å²) in [5.74, 6) is 1.43. The molecule has 2 aromatic carbocycles. The van der Waals surface area contributed by atoms with Gasteiger partial charge in [-0.15, -0.1) is 0 Å². The maximum Gasteiger partial charge on any atom is 0.273 e. The smallest absolute Gasteiger partial charge is 0.273 e. The van der Waals surface area contributed by atoms with Crippen molar-refractivity contribution >= 4 is 5.91 Å². The van der Waals surface area contributed by atoms with Gasteiger partial charge in [0.05, 0.1) is 25.5 Å². The molecule has 2 aromatic heterocycles. The van der Waals surface area contributed by atoms with Crippen molar-refractivity contribution in [1.82, 2.24) is 15.1 Å². The molecule has 168 valence electrons. The van der Waals surface area contributed by atoms with Crippen LogP contribution in [0.5, 0.6) is 11.5 Å². The van der Waals surface area contributed by atoms with Crippen LogP contribution >= 0.6 is 0 Å². The van der Waals surface area contributed by atoms with Crippen molar-refractivity contribution in [2.24, 2.45) is 0 Å². The van der Waals surface area contributed by atoms with Crippen molar-refractivity contribution < 1.29 is 19.1 Å². The summed E-state index contributed by atoms with van der Waals surface area (Å²) >= 11 is 0. The highest BCUT2D eigenvalue weighted by Crippen LogP contribution is 2.45. The van der Waals surface area contributed by atoms with Crippen LogP contribution < -0.4 is 4.74 Å². The van der Waals surface area contributed by atoms with Crippen molar-refractivity contribution in [3.05, 3.63) is 89.0 Å². The van der Waals surface area contributed by atoms with Crippen LogP contribution in [0.25, 0.3) is 11.3 Å². The number of hydrogen-bond donors (Lipinski definition) is 2. The number of aryl methyl sites for hydroxylation is 1. The third-order valence-electron chi connectivity index (χ3n) is 5.85. The molecule has 4 aromatic rings. The summed E-state index contributed by atoms with van der Waals surface area (Å²) in [5, 5.41) is 17.9. The lowest BCUT2D eigenvalue weighted by Gasteiger charge is -2.26. The number of amides is 1. The van der Waals surface area contributed by atoms with Crippen LogP contribution in [-0.4, -0.2) is 32.7 Å². The lowest BCUT2D eigenvalue weighted by molar-refractivity contribution is 0.0717. The van der Waals surface area contributed by atoms with Crippen molar-refractivity contribution in [3.8, 4) is 22.8 Å². The average molecular weight is 444 g/mol. The standard InChI is InChI=1S/C26H25N3O4/c1-3-12-32-18-9-7-17(8-10-18)25-22-23(20-14-16(2)6-11-21(20)30)27-28-24(22)26(31)29(25)15-19-5-4-13-33-19/h4-11,13-14,25,30H,3,12,15H2,1-2H3,(H,27,28)/t25-/m1/s1. The molecular formula is C26H25N3O4. The largest absolute Gasteiger partial charge is 0.507 e. The van der Waals surface area contributed by atoms with Crippen molar-refractivity contribution in [2.45, 2.75) is 32.9 Å². The van der Waals surface area contributed by atoms with E-state index in [1.54, 1.807) is 17.2 Å². The highest BCUT2D eigenvalue weighted by atomic mass is 16.5. The molecule has 2 N–H and O–H groups in total. The Morgan fingerprint density at radius 3 is 2.73 bits per heavy atom. The SMILES string of the molecule is CCCOc1ccc([C@@H]2c3c(-c4cc(C)ccc4O)n[nH]c3C(=O)N2Cc2ccco2)cc1. The van der Waals surface area contributed by atoms with Gasteiger partial charge in [-0.3, -0.25) is 9.89 Å². The molecule has 7 nitrogen and oxygen atoms in total. The number of hydrogen-bond acceptors (Lipinski definition) is 5. The first kappa shape index (κ1) is 20.9. The Labute approximate surface area is 191 Å². The number of phenols is 1. The van der Waals surface area contributed by atoms with Gasteiger partial charge in [-0.25, -0.2) is 0 Å². The van der Waals surface area contributed by atoms with Crippen LogP contribution in [0.4, 0.5) is 0 Å². The number of aromatic nitrogens is 2. The van der Waals surface area contributed by atoms with E-state index in [1.807, 2.05) is 55.5 Å². The summed E-state index contributed by atoms with van der Waals surface area (Å²) in [6.45, 7) is 4.98. The summed E-state index contributed by atoms with van der Waals surface area (Å²) in [4.78, 5) is 15.2. The summed E-state index contributed by atoms with van der Waals surface area (Å²) in [7, 11) is 0. The van der Waals surface area contributed by atoms with Crippen LogP contribution in [-0.2, 0) is 6.54 Å². The molecule has 1 aliphatic rings. The Bertz CT molecular complexity index is 1280. The number of nitrogens with zero attached hydrogens (tertiary/aromatic N) is 2. The van der Waals surface area contributed by atoms with Gasteiger partial charge < -0.3 is 19.2 Å². The van der Waals surface area contributed by atoms with E-state index < -0.39 is 6.04 Å². The van der Waals surface area contributed by atoms with Crippen LogP contribution in [0.3, 0.4) is 0 Å². The second-order valence-corrected chi connectivity index (χ2v) is 8.21. The van der Waals surface area contributed by atoms with E-state index >= 15 is 0 Å². The van der Waals surface area contributed by atoms with Crippen molar-refractivity contribution in [2.75, 3.05) is 6.61 Å². The van der Waals surface area contributed by atoms with E-state index in [-0.39, 0.29) is 11.7 Å². The van der Waals surface area contributed by atoms with Gasteiger partial charge in [-0.2, -0.15) is 5.10 Å². The third kappa shape index (κ3) is 3.75. The number of aromatic hydroxyl groups is 1. The second kappa shape index (κ2) is 8.50. The Morgan fingerprint density at radius 1 is 1.18 bits per heavy atom. The topological polar surface area (TPSA) is 91.6 Å². The summed E-state index contributed by atoms with van der Waals surface area (Å²) in [5.41, 5.74) is 4.24. The molecule has 0 aliphatic carbocycles. The van der Waals surface area contributed by atoms with Crippen LogP contribution in [0.1, 0.15) is 52.3 Å². The van der Waals surface area contributed by atoms with E-state index in [1.165, 1.54) is 0 Å². The first-order chi connectivity index (χ1) is 16.1. The number of furan rings is 1. The number of carbonyl (C=O) groups excluding carboxylic acids is 1. The van der Waals surface area contributed by atoms with E-state index in [4.69, 9.17) is 9.15 Å². The van der Waals surface area contributed by atoms with E-state index in [0.717, 1.165) is 28.9 Å². The summed E-state index contributed by atoms with van der Waals surface area (Å²) < 4.78 is 11.3. The molecule has 1 aliphatic heterocycles. The minimum atomic E-state index is -0.397. The number of carbonyl (C=O) groups is 1. The first-order valence-corrected chi connectivity index (χ1v) is 11.0. The fourth-order valence-electron chi connectivity index (χ4n) is 4.29. The highest BCUT2D eigenvalue weighted by molar-refractivity contribution is 6.00. The van der Waals surface area contributed by atoms with Gasteiger partial charge >= 0.3 is 0 Å². The zero-order chi connectivity index (χ0) is 22.9. The van der Waals surface area contributed by atoms with Crippen LogP contribution in [0, 0.1) is 6.92 Å². The van der Waals surface area contributed by atoms with Crippen molar-refractivity contribution in [1.29, 1.82) is 0 Å². The van der Waals surface area contributed by atoms with Crippen molar-refractivity contribution in [3.63, 3.8) is 0 Å². The van der Waals surface area contributed by atoms with Gasteiger partial charge in [0, 0.05) is 11.1 Å². The highest BCUT2D eigenvalue weighted by Gasteiger charge is 2.42. The molecule has 1 atom stereocenters. The minimum Gasteiger partial charge on any atom is -0.507 e. The van der Waals surface area contributed by atoms with Gasteiger partial charge in [0.15, 0.2) is 0 Å². The maximum absolute atomic E-state index is 13.4. The fraction of sp³-hybridized carbons (Fsp3) is 0.231. The maximum atomic E-state index is 13.4. The molecule has 0 spiro atoms. The quantitative estimate of drug-likeness (QED) is 0.409. The molecule has 5 rings (SSSR count). The number of fused-ring (bicyclic) bond motifs is 1. The molecule has 1 amide bonds. The lowest BCUT2D eigenvalue weighted by atomic mass is 9.95. The van der Waals surface area contributed by atoms with Gasteiger partial charge in [0.25, 0.3) is 5.91 Å². The minimum absolute atomic E-state index is 0.119. The fourth-order valence-corrected chi connectivity index (χ4v) is 4.29. The summed E-state index contributed by atoms with van der Waals surface area (Å²) in [6, 6.07) is 16.4. The summed E-state index contributed by atoms with van der Waals surface area (Å²) in [6.07, 6.45) is 2.53. The molecule has 0 unspecified atom stereocenters. The predicted octanol–water partition coefficient (Wildman–Crippen LogP) is 5.22.